The molecule has 1 heterocycles. The zero-order valence-electron chi connectivity index (χ0n) is 13.7. The molecule has 7 heteroatoms. The number of hydrogen-bond donors (Lipinski definition) is 0. The zero-order chi connectivity index (χ0) is 17.5. The topological polar surface area (TPSA) is 61.5 Å². The first-order valence-corrected chi connectivity index (χ1v) is 8.09. The molecule has 0 aliphatic carbocycles. The number of rotatable bonds is 7. The maximum Gasteiger partial charge on any atom is 0.141 e. The highest BCUT2D eigenvalue weighted by molar-refractivity contribution is 6.30. The van der Waals surface area contributed by atoms with Crippen LogP contribution in [-0.4, -0.2) is 34.3 Å². The normalized spacial score (nSPS) is 11.0. The molecule has 0 fully saturated rings. The molecule has 3 rings (SSSR count). The van der Waals surface area contributed by atoms with Crippen LogP contribution in [0.1, 0.15) is 11.1 Å². The molecule has 2 aromatic carbocycles. The maximum absolute atomic E-state index is 6.06. The van der Waals surface area contributed by atoms with Crippen LogP contribution in [0.25, 0.3) is 0 Å². The largest absolute Gasteiger partial charge is 0.490 e. The number of ether oxygens (including phenoxy) is 2. The third-order valence-corrected chi connectivity index (χ3v) is 3.57. The number of aryl methyl sites for hydroxylation is 1. The number of halogens is 1. The number of benzene rings is 2. The van der Waals surface area contributed by atoms with Crippen LogP contribution in [0.4, 0.5) is 0 Å². The van der Waals surface area contributed by atoms with Crippen molar-refractivity contribution in [3.8, 4) is 11.5 Å². The number of hydrogen-bond acceptors (Lipinski definition) is 5. The van der Waals surface area contributed by atoms with Crippen molar-refractivity contribution in [1.29, 1.82) is 0 Å². The van der Waals surface area contributed by atoms with Crippen LogP contribution in [-0.2, 0) is 0 Å². The van der Waals surface area contributed by atoms with Gasteiger partial charge < -0.3 is 9.47 Å². The Balaban J connectivity index is 1.59. The minimum atomic E-state index is 0.406. The van der Waals surface area contributed by atoms with E-state index in [9.17, 15) is 0 Å². The van der Waals surface area contributed by atoms with Crippen molar-refractivity contribution in [2.75, 3.05) is 13.2 Å². The van der Waals surface area contributed by atoms with Gasteiger partial charge in [0.2, 0.25) is 0 Å². The Bertz CT molecular complexity index is 833. The molecule has 0 atom stereocenters. The molecule has 6 nitrogen and oxygen atoms in total. The minimum absolute atomic E-state index is 0.406. The molecule has 0 bridgehead atoms. The first-order valence-electron chi connectivity index (χ1n) is 7.71. The van der Waals surface area contributed by atoms with Gasteiger partial charge in [-0.25, -0.2) is 4.68 Å². The van der Waals surface area contributed by atoms with Crippen LogP contribution in [0.5, 0.6) is 11.5 Å². The Morgan fingerprint density at radius 3 is 2.52 bits per heavy atom. The fourth-order valence-corrected chi connectivity index (χ4v) is 2.26. The molecule has 0 N–H and O–H groups in total. The molecule has 0 saturated carbocycles. The Labute approximate surface area is 150 Å². The lowest BCUT2D eigenvalue weighted by atomic mass is 10.2. The second-order valence-corrected chi connectivity index (χ2v) is 5.72. The standard InChI is InChI=1S/C18H17ClN4O2/c1-14-2-5-17(6-3-14)24-8-9-25-18-7-4-16(19)10-15(18)11-22-23-12-20-21-13-23/h2-7,10-13H,8-9H2,1H3/b22-11-. The van der Waals surface area contributed by atoms with Gasteiger partial charge in [-0.15, -0.1) is 10.2 Å². The Morgan fingerprint density at radius 2 is 1.76 bits per heavy atom. The van der Waals surface area contributed by atoms with Gasteiger partial charge in [-0.05, 0) is 37.3 Å². The molecule has 0 aliphatic heterocycles. The van der Waals surface area contributed by atoms with Crippen molar-refractivity contribution in [1.82, 2.24) is 14.9 Å². The summed E-state index contributed by atoms with van der Waals surface area (Å²) in [6, 6.07) is 13.3. The minimum Gasteiger partial charge on any atom is -0.490 e. The highest BCUT2D eigenvalue weighted by Crippen LogP contribution is 2.21. The molecule has 0 radical (unpaired) electrons. The summed E-state index contributed by atoms with van der Waals surface area (Å²) in [7, 11) is 0. The molecule has 0 amide bonds. The van der Waals surface area contributed by atoms with E-state index in [2.05, 4.69) is 15.3 Å². The average Bonchev–Trinajstić information content (AvgIpc) is 3.13. The van der Waals surface area contributed by atoms with Crippen LogP contribution in [0.3, 0.4) is 0 Å². The Kier molecular flexibility index (Phi) is 5.64. The van der Waals surface area contributed by atoms with Crippen LogP contribution in [0.2, 0.25) is 5.02 Å². The Hall–Kier alpha value is -2.86. The van der Waals surface area contributed by atoms with Crippen molar-refractivity contribution < 1.29 is 9.47 Å². The molecule has 0 unspecified atom stereocenters. The molecule has 3 aromatic rings. The zero-order valence-corrected chi connectivity index (χ0v) is 14.4. The lowest BCUT2D eigenvalue weighted by molar-refractivity contribution is 0.217. The molecule has 25 heavy (non-hydrogen) atoms. The fraction of sp³-hybridized carbons (Fsp3) is 0.167. The van der Waals surface area contributed by atoms with E-state index in [4.69, 9.17) is 21.1 Å². The van der Waals surface area contributed by atoms with Gasteiger partial charge in [0, 0.05) is 10.6 Å². The molecule has 0 spiro atoms. The van der Waals surface area contributed by atoms with Crippen LogP contribution >= 0.6 is 11.6 Å². The summed E-state index contributed by atoms with van der Waals surface area (Å²) in [4.78, 5) is 0. The van der Waals surface area contributed by atoms with Gasteiger partial charge in [-0.1, -0.05) is 29.3 Å². The Morgan fingerprint density at radius 1 is 1.04 bits per heavy atom. The predicted octanol–water partition coefficient (Wildman–Crippen LogP) is 3.58. The van der Waals surface area contributed by atoms with Gasteiger partial charge in [0.1, 0.15) is 37.4 Å². The lowest BCUT2D eigenvalue weighted by Gasteiger charge is -2.11. The van der Waals surface area contributed by atoms with Crippen LogP contribution in [0, 0.1) is 6.92 Å². The van der Waals surface area contributed by atoms with E-state index in [1.54, 1.807) is 18.3 Å². The van der Waals surface area contributed by atoms with Gasteiger partial charge in [-0.3, -0.25) is 0 Å². The molecule has 0 aliphatic rings. The van der Waals surface area contributed by atoms with Gasteiger partial charge in [0.05, 0.1) is 6.21 Å². The number of aromatic nitrogens is 3. The van der Waals surface area contributed by atoms with Crippen molar-refractivity contribution in [3.63, 3.8) is 0 Å². The summed E-state index contributed by atoms with van der Waals surface area (Å²) in [5.74, 6) is 1.49. The van der Waals surface area contributed by atoms with Crippen molar-refractivity contribution >= 4 is 17.8 Å². The van der Waals surface area contributed by atoms with E-state index in [1.165, 1.54) is 22.9 Å². The first kappa shape index (κ1) is 17.0. The van der Waals surface area contributed by atoms with Gasteiger partial charge in [0.25, 0.3) is 0 Å². The summed E-state index contributed by atoms with van der Waals surface area (Å²) in [5, 5.41) is 12.2. The van der Waals surface area contributed by atoms with Gasteiger partial charge in [0.15, 0.2) is 0 Å². The van der Waals surface area contributed by atoms with Crippen molar-refractivity contribution in [2.45, 2.75) is 6.92 Å². The number of nitrogens with zero attached hydrogens (tertiary/aromatic N) is 4. The highest BCUT2D eigenvalue weighted by atomic mass is 35.5. The van der Waals surface area contributed by atoms with E-state index in [0.29, 0.717) is 24.0 Å². The summed E-state index contributed by atoms with van der Waals surface area (Å²) in [6.07, 6.45) is 4.64. The smallest absolute Gasteiger partial charge is 0.141 e. The van der Waals surface area contributed by atoms with E-state index >= 15 is 0 Å². The lowest BCUT2D eigenvalue weighted by Crippen LogP contribution is -2.10. The quantitative estimate of drug-likeness (QED) is 0.479. The van der Waals surface area contributed by atoms with Crippen molar-refractivity contribution in [2.24, 2.45) is 5.10 Å². The third kappa shape index (κ3) is 5.06. The molecule has 0 saturated heterocycles. The highest BCUT2D eigenvalue weighted by Gasteiger charge is 2.04. The van der Waals surface area contributed by atoms with Crippen molar-refractivity contribution in [3.05, 3.63) is 71.3 Å². The fourth-order valence-electron chi connectivity index (χ4n) is 2.08. The summed E-state index contributed by atoms with van der Waals surface area (Å²) < 4.78 is 12.9. The summed E-state index contributed by atoms with van der Waals surface area (Å²) in [5.41, 5.74) is 1.96. The second kappa shape index (κ2) is 8.30. The third-order valence-electron chi connectivity index (χ3n) is 3.34. The van der Waals surface area contributed by atoms with Gasteiger partial charge in [-0.2, -0.15) is 5.10 Å². The van der Waals surface area contributed by atoms with E-state index < -0.39 is 0 Å². The SMILES string of the molecule is Cc1ccc(OCCOc2ccc(Cl)cc2/C=N\n2cnnc2)cc1. The summed E-state index contributed by atoms with van der Waals surface area (Å²) >= 11 is 6.06. The van der Waals surface area contributed by atoms with Crippen LogP contribution < -0.4 is 9.47 Å². The van der Waals surface area contributed by atoms with E-state index in [-0.39, 0.29) is 0 Å². The monoisotopic (exact) mass is 356 g/mol. The molecular formula is C18H17ClN4O2. The first-order chi connectivity index (χ1) is 12.2. The van der Waals surface area contributed by atoms with E-state index in [0.717, 1.165) is 11.3 Å². The molecule has 128 valence electrons. The average molecular weight is 357 g/mol. The maximum atomic E-state index is 6.06. The second-order valence-electron chi connectivity index (χ2n) is 5.28. The molecular weight excluding hydrogens is 340 g/mol. The van der Waals surface area contributed by atoms with Crippen LogP contribution in [0.15, 0.2) is 60.2 Å². The molecule has 1 aromatic heterocycles. The van der Waals surface area contributed by atoms with Gasteiger partial charge >= 0.3 is 0 Å². The summed E-state index contributed by atoms with van der Waals surface area (Å²) in [6.45, 7) is 2.88. The van der Waals surface area contributed by atoms with E-state index in [1.807, 2.05) is 37.3 Å². The predicted molar refractivity (Wildman–Crippen MR) is 96.6 cm³/mol.